The maximum absolute atomic E-state index is 5.74. The van der Waals surface area contributed by atoms with Gasteiger partial charge >= 0.3 is 0 Å². The van der Waals surface area contributed by atoms with Crippen LogP contribution < -0.4 is 10.1 Å². The third kappa shape index (κ3) is 4.78. The Morgan fingerprint density at radius 3 is 2.63 bits per heavy atom. The summed E-state index contributed by atoms with van der Waals surface area (Å²) in [7, 11) is 0. The van der Waals surface area contributed by atoms with E-state index in [2.05, 4.69) is 42.0 Å². The fraction of sp³-hybridized carbons (Fsp3) is 0.600. The summed E-state index contributed by atoms with van der Waals surface area (Å²) < 4.78 is 5.74. The fourth-order valence-electron chi connectivity index (χ4n) is 1.39. The lowest BCUT2D eigenvalue weighted by Gasteiger charge is -2.20. The van der Waals surface area contributed by atoms with Crippen LogP contribution in [-0.2, 0) is 0 Å². The van der Waals surface area contributed by atoms with E-state index in [9.17, 15) is 0 Å². The topological polar surface area (TPSA) is 47.0 Å². The second kappa shape index (κ2) is 6.42. The molecule has 0 aromatic carbocycles. The van der Waals surface area contributed by atoms with E-state index in [4.69, 9.17) is 11.2 Å². The monoisotopic (exact) mass is 261 g/mol. The molecule has 4 nitrogen and oxygen atoms in total. The molecule has 0 aliphatic rings. The highest BCUT2D eigenvalue weighted by Gasteiger charge is 2.18. The fourth-order valence-corrected chi connectivity index (χ4v) is 1.39. The van der Waals surface area contributed by atoms with Crippen LogP contribution in [0.2, 0.25) is 0 Å². The van der Waals surface area contributed by atoms with Gasteiger partial charge in [0.15, 0.2) is 5.60 Å². The standard InChI is InChI=1S/C15H23N3O/c1-7-9-16-12-10-13(19-15(5,6)8-2)18-14(17-12)11(3)4/h2,10-11H,7,9H2,1,3-6H3,(H,16,17,18). The van der Waals surface area contributed by atoms with Gasteiger partial charge < -0.3 is 10.1 Å². The average molecular weight is 261 g/mol. The molecule has 0 bridgehead atoms. The number of terminal acetylenes is 1. The summed E-state index contributed by atoms with van der Waals surface area (Å²) in [5.74, 6) is 4.88. The smallest absolute Gasteiger partial charge is 0.220 e. The number of rotatable bonds is 6. The first kappa shape index (κ1) is 15.3. The van der Waals surface area contributed by atoms with Crippen LogP contribution in [0, 0.1) is 12.3 Å². The molecule has 0 spiro atoms. The highest BCUT2D eigenvalue weighted by molar-refractivity contribution is 5.39. The lowest BCUT2D eigenvalue weighted by molar-refractivity contribution is 0.164. The van der Waals surface area contributed by atoms with Gasteiger partial charge in [-0.25, -0.2) is 4.98 Å². The Balaban J connectivity index is 3.03. The van der Waals surface area contributed by atoms with E-state index in [0.29, 0.717) is 5.88 Å². The van der Waals surface area contributed by atoms with Crippen molar-refractivity contribution in [1.29, 1.82) is 0 Å². The first-order valence-corrected chi connectivity index (χ1v) is 6.67. The number of hydrogen-bond acceptors (Lipinski definition) is 4. The number of nitrogens with one attached hydrogen (secondary N) is 1. The van der Waals surface area contributed by atoms with Crippen LogP contribution >= 0.6 is 0 Å². The van der Waals surface area contributed by atoms with Gasteiger partial charge in [0.1, 0.15) is 11.6 Å². The van der Waals surface area contributed by atoms with Gasteiger partial charge in [-0.3, -0.25) is 0 Å². The predicted octanol–water partition coefficient (Wildman–Crippen LogP) is 3.21. The lowest BCUT2D eigenvalue weighted by atomic mass is 10.1. The summed E-state index contributed by atoms with van der Waals surface area (Å²) in [5.41, 5.74) is -0.676. The molecule has 0 saturated heterocycles. The molecule has 0 amide bonds. The van der Waals surface area contributed by atoms with Crippen LogP contribution in [0.1, 0.15) is 52.8 Å². The number of aromatic nitrogens is 2. The molecule has 1 rings (SSSR count). The van der Waals surface area contributed by atoms with Gasteiger partial charge in [-0.15, -0.1) is 6.42 Å². The van der Waals surface area contributed by atoms with Crippen molar-refractivity contribution in [3.05, 3.63) is 11.9 Å². The quantitative estimate of drug-likeness (QED) is 0.799. The summed E-state index contributed by atoms with van der Waals surface area (Å²) in [4.78, 5) is 8.88. The highest BCUT2D eigenvalue weighted by atomic mass is 16.5. The molecular weight excluding hydrogens is 238 g/mol. The number of ether oxygens (including phenoxy) is 1. The normalized spacial score (nSPS) is 11.2. The molecular formula is C15H23N3O. The maximum Gasteiger partial charge on any atom is 0.220 e. The highest BCUT2D eigenvalue weighted by Crippen LogP contribution is 2.21. The Kier molecular flexibility index (Phi) is 5.17. The molecule has 0 atom stereocenters. The summed E-state index contributed by atoms with van der Waals surface area (Å²) in [6.07, 6.45) is 6.47. The van der Waals surface area contributed by atoms with Gasteiger partial charge in [0.2, 0.25) is 5.88 Å². The van der Waals surface area contributed by atoms with Gasteiger partial charge in [-0.05, 0) is 20.3 Å². The maximum atomic E-state index is 5.74. The van der Waals surface area contributed by atoms with Crippen LogP contribution in [0.5, 0.6) is 5.88 Å². The van der Waals surface area contributed by atoms with Crippen molar-refractivity contribution in [3.63, 3.8) is 0 Å². The minimum Gasteiger partial charge on any atom is -0.458 e. The van der Waals surface area contributed by atoms with Crippen LogP contribution in [0.4, 0.5) is 5.82 Å². The average Bonchev–Trinajstić information content (AvgIpc) is 2.35. The number of hydrogen-bond donors (Lipinski definition) is 1. The molecule has 0 aliphatic carbocycles. The van der Waals surface area contributed by atoms with Gasteiger partial charge in [-0.1, -0.05) is 26.7 Å². The summed E-state index contributed by atoms with van der Waals surface area (Å²) >= 11 is 0. The molecule has 0 radical (unpaired) electrons. The van der Waals surface area contributed by atoms with Crippen LogP contribution in [0.3, 0.4) is 0 Å². The van der Waals surface area contributed by atoms with Crippen molar-refractivity contribution >= 4 is 5.82 Å². The van der Waals surface area contributed by atoms with E-state index >= 15 is 0 Å². The molecule has 1 aromatic heterocycles. The molecule has 0 unspecified atom stereocenters. The van der Waals surface area contributed by atoms with E-state index in [0.717, 1.165) is 24.6 Å². The SMILES string of the molecule is C#CC(C)(C)Oc1cc(NCCC)nc(C(C)C)n1. The number of anilines is 1. The van der Waals surface area contributed by atoms with Crippen molar-refractivity contribution in [2.75, 3.05) is 11.9 Å². The van der Waals surface area contributed by atoms with Crippen LogP contribution in [0.25, 0.3) is 0 Å². The predicted molar refractivity (Wildman–Crippen MR) is 78.4 cm³/mol. The minimum absolute atomic E-state index is 0.236. The van der Waals surface area contributed by atoms with Gasteiger partial charge in [0, 0.05) is 18.5 Å². The van der Waals surface area contributed by atoms with E-state index in [1.54, 1.807) is 6.07 Å². The molecule has 19 heavy (non-hydrogen) atoms. The third-order valence-electron chi connectivity index (χ3n) is 2.50. The largest absolute Gasteiger partial charge is 0.458 e. The summed E-state index contributed by atoms with van der Waals surface area (Å²) in [6.45, 7) is 10.7. The summed E-state index contributed by atoms with van der Waals surface area (Å²) in [6, 6.07) is 1.79. The second-order valence-corrected chi connectivity index (χ2v) is 5.29. The molecule has 4 heteroatoms. The molecule has 0 aliphatic heterocycles. The van der Waals surface area contributed by atoms with Crippen molar-refractivity contribution < 1.29 is 4.74 Å². The van der Waals surface area contributed by atoms with Crippen molar-refractivity contribution in [1.82, 2.24) is 9.97 Å². The lowest BCUT2D eigenvalue weighted by Crippen LogP contribution is -2.26. The zero-order valence-corrected chi connectivity index (χ0v) is 12.4. The Morgan fingerprint density at radius 2 is 2.11 bits per heavy atom. The second-order valence-electron chi connectivity index (χ2n) is 5.29. The van der Waals surface area contributed by atoms with E-state index in [1.807, 2.05) is 13.8 Å². The van der Waals surface area contributed by atoms with Crippen molar-refractivity contribution in [2.45, 2.75) is 52.6 Å². The molecule has 104 valence electrons. The third-order valence-corrected chi connectivity index (χ3v) is 2.50. The summed E-state index contributed by atoms with van der Waals surface area (Å²) in [5, 5.41) is 3.25. The number of nitrogens with zero attached hydrogens (tertiary/aromatic N) is 2. The molecule has 0 fully saturated rings. The van der Waals surface area contributed by atoms with E-state index in [-0.39, 0.29) is 5.92 Å². The van der Waals surface area contributed by atoms with Gasteiger partial charge in [0.05, 0.1) is 0 Å². The van der Waals surface area contributed by atoms with Crippen molar-refractivity contribution in [3.8, 4) is 18.2 Å². The Morgan fingerprint density at radius 1 is 1.42 bits per heavy atom. The Bertz CT molecular complexity index is 461. The van der Waals surface area contributed by atoms with Gasteiger partial charge in [-0.2, -0.15) is 4.98 Å². The first-order valence-electron chi connectivity index (χ1n) is 6.67. The van der Waals surface area contributed by atoms with Gasteiger partial charge in [0.25, 0.3) is 0 Å². The van der Waals surface area contributed by atoms with Crippen LogP contribution in [-0.4, -0.2) is 22.1 Å². The zero-order chi connectivity index (χ0) is 14.5. The first-order chi connectivity index (χ1) is 8.88. The molecule has 0 saturated carbocycles. The van der Waals surface area contributed by atoms with Crippen molar-refractivity contribution in [2.24, 2.45) is 0 Å². The Labute approximate surface area is 116 Å². The van der Waals surface area contributed by atoms with E-state index < -0.39 is 5.60 Å². The van der Waals surface area contributed by atoms with E-state index in [1.165, 1.54) is 0 Å². The molecule has 1 N–H and O–H groups in total. The molecule has 1 heterocycles. The Hall–Kier alpha value is -1.76. The zero-order valence-electron chi connectivity index (χ0n) is 12.4. The minimum atomic E-state index is -0.676. The molecule has 1 aromatic rings. The van der Waals surface area contributed by atoms with Crippen LogP contribution in [0.15, 0.2) is 6.07 Å².